The van der Waals surface area contributed by atoms with Gasteiger partial charge in [0.1, 0.15) is 6.33 Å². The Balaban J connectivity index is 1.48. The van der Waals surface area contributed by atoms with Crippen molar-refractivity contribution in [2.75, 3.05) is 32.8 Å². The minimum Gasteiger partial charge on any atom is -0.379 e. The molecule has 1 aliphatic rings. The summed E-state index contributed by atoms with van der Waals surface area (Å²) in [6.07, 6.45) is 1.52. The summed E-state index contributed by atoms with van der Waals surface area (Å²) >= 11 is 0. The van der Waals surface area contributed by atoms with Crippen LogP contribution in [0.3, 0.4) is 0 Å². The topological polar surface area (TPSA) is 85.2 Å². The third kappa shape index (κ3) is 4.41. The van der Waals surface area contributed by atoms with E-state index in [4.69, 9.17) is 4.74 Å². The van der Waals surface area contributed by atoms with Crippen LogP contribution in [0.1, 0.15) is 22.0 Å². The molecule has 1 amide bonds. The number of nitrogens with zero attached hydrogens (tertiary/aromatic N) is 5. The van der Waals surface area contributed by atoms with Gasteiger partial charge in [-0.25, -0.2) is 4.68 Å². The van der Waals surface area contributed by atoms with Crippen molar-refractivity contribution in [3.63, 3.8) is 0 Å². The van der Waals surface area contributed by atoms with Crippen molar-refractivity contribution in [1.29, 1.82) is 0 Å². The summed E-state index contributed by atoms with van der Waals surface area (Å²) in [5.74, 6) is -0.106. The van der Waals surface area contributed by atoms with E-state index >= 15 is 0 Å². The maximum Gasteiger partial charge on any atom is 0.251 e. The van der Waals surface area contributed by atoms with Gasteiger partial charge in [-0.05, 0) is 40.3 Å². The normalized spacial score (nSPS) is 15.9. The molecule has 8 heteroatoms. The van der Waals surface area contributed by atoms with Crippen molar-refractivity contribution in [2.45, 2.75) is 6.04 Å². The number of morpholine rings is 1. The molecule has 0 radical (unpaired) electrons. The highest BCUT2D eigenvalue weighted by Crippen LogP contribution is 2.17. The summed E-state index contributed by atoms with van der Waals surface area (Å²) in [4.78, 5) is 15.2. The molecule has 1 fully saturated rings. The van der Waals surface area contributed by atoms with Crippen LogP contribution in [0, 0.1) is 0 Å². The number of hydrogen-bond acceptors (Lipinski definition) is 6. The van der Waals surface area contributed by atoms with Crippen LogP contribution in [0.5, 0.6) is 0 Å². The number of aromatic nitrogens is 4. The molecule has 1 atom stereocenters. The molecule has 8 nitrogen and oxygen atoms in total. The molecule has 28 heavy (non-hydrogen) atoms. The number of amides is 1. The van der Waals surface area contributed by atoms with Gasteiger partial charge in [0.05, 0.1) is 24.9 Å². The number of ether oxygens (including phenoxy) is 1. The van der Waals surface area contributed by atoms with Crippen molar-refractivity contribution in [3.05, 3.63) is 72.1 Å². The summed E-state index contributed by atoms with van der Waals surface area (Å²) in [5, 5.41) is 14.3. The van der Waals surface area contributed by atoms with Gasteiger partial charge in [-0.15, -0.1) is 5.10 Å². The Hall–Kier alpha value is -3.10. The Labute approximate surface area is 163 Å². The zero-order valence-corrected chi connectivity index (χ0v) is 15.4. The number of benzene rings is 2. The van der Waals surface area contributed by atoms with E-state index in [1.165, 1.54) is 6.33 Å². The van der Waals surface area contributed by atoms with Crippen molar-refractivity contribution in [2.24, 2.45) is 0 Å². The lowest BCUT2D eigenvalue weighted by Crippen LogP contribution is -2.43. The summed E-state index contributed by atoms with van der Waals surface area (Å²) in [6.45, 7) is 3.96. The number of nitrogens with one attached hydrogen (secondary N) is 1. The number of tetrazole rings is 1. The van der Waals surface area contributed by atoms with Crippen LogP contribution in [0.25, 0.3) is 5.69 Å². The predicted molar refractivity (Wildman–Crippen MR) is 103 cm³/mol. The van der Waals surface area contributed by atoms with Gasteiger partial charge in [0.2, 0.25) is 0 Å². The third-order valence-corrected chi connectivity index (χ3v) is 4.79. The first-order valence-electron chi connectivity index (χ1n) is 9.29. The van der Waals surface area contributed by atoms with Gasteiger partial charge in [-0.1, -0.05) is 30.3 Å². The molecule has 3 aromatic rings. The fourth-order valence-electron chi connectivity index (χ4n) is 3.25. The summed E-state index contributed by atoms with van der Waals surface area (Å²) < 4.78 is 6.98. The second-order valence-corrected chi connectivity index (χ2v) is 6.65. The standard InChI is InChI=1S/C20H22N6O2/c27-20(17-6-8-18(9-7-17)26-15-21-23-24-26)22-19(16-4-2-1-3-5-16)14-25-10-12-28-13-11-25/h1-9,15,19H,10-14H2,(H,22,27)/t19-/m0/s1. The number of hydrogen-bond donors (Lipinski definition) is 1. The highest BCUT2D eigenvalue weighted by Gasteiger charge is 2.20. The minimum absolute atomic E-state index is 0.0917. The van der Waals surface area contributed by atoms with Crippen molar-refractivity contribution in [3.8, 4) is 5.69 Å². The first-order valence-corrected chi connectivity index (χ1v) is 9.29. The molecule has 2 aromatic carbocycles. The van der Waals surface area contributed by atoms with E-state index < -0.39 is 0 Å². The lowest BCUT2D eigenvalue weighted by atomic mass is 10.1. The maximum absolute atomic E-state index is 12.9. The molecular weight excluding hydrogens is 356 g/mol. The number of rotatable bonds is 6. The molecule has 1 saturated heterocycles. The van der Waals surface area contributed by atoms with Gasteiger partial charge in [0.25, 0.3) is 5.91 Å². The Morgan fingerprint density at radius 2 is 1.82 bits per heavy atom. The molecular formula is C20H22N6O2. The third-order valence-electron chi connectivity index (χ3n) is 4.79. The van der Waals surface area contributed by atoms with Crippen LogP contribution in [0.2, 0.25) is 0 Å². The summed E-state index contributed by atoms with van der Waals surface area (Å²) in [5.41, 5.74) is 2.49. The van der Waals surface area contributed by atoms with E-state index in [1.54, 1.807) is 16.8 Å². The minimum atomic E-state index is -0.106. The Kier molecular flexibility index (Phi) is 5.69. The average molecular weight is 378 g/mol. The van der Waals surface area contributed by atoms with Crippen LogP contribution in [0.15, 0.2) is 60.9 Å². The molecule has 4 rings (SSSR count). The van der Waals surface area contributed by atoms with E-state index in [1.807, 2.05) is 42.5 Å². The van der Waals surface area contributed by atoms with E-state index in [2.05, 4.69) is 25.7 Å². The van der Waals surface area contributed by atoms with Gasteiger partial charge in [-0.2, -0.15) is 0 Å². The molecule has 0 spiro atoms. The Bertz CT molecular complexity index is 877. The van der Waals surface area contributed by atoms with Gasteiger partial charge < -0.3 is 10.1 Å². The van der Waals surface area contributed by atoms with E-state index in [0.29, 0.717) is 5.56 Å². The number of carbonyl (C=O) groups is 1. The van der Waals surface area contributed by atoms with Crippen molar-refractivity contribution in [1.82, 2.24) is 30.4 Å². The van der Waals surface area contributed by atoms with Crippen LogP contribution in [-0.4, -0.2) is 63.9 Å². The smallest absolute Gasteiger partial charge is 0.251 e. The SMILES string of the molecule is O=C(N[C@@H](CN1CCOCC1)c1ccccc1)c1ccc(-n2cnnn2)cc1. The molecule has 1 aromatic heterocycles. The first-order chi connectivity index (χ1) is 13.8. The quantitative estimate of drug-likeness (QED) is 0.699. The van der Waals surface area contributed by atoms with Gasteiger partial charge in [0, 0.05) is 25.2 Å². The van der Waals surface area contributed by atoms with E-state index in [9.17, 15) is 4.79 Å². The molecule has 0 unspecified atom stereocenters. The summed E-state index contributed by atoms with van der Waals surface area (Å²) in [6, 6.07) is 17.2. The fraction of sp³-hybridized carbons (Fsp3) is 0.300. The monoisotopic (exact) mass is 378 g/mol. The molecule has 0 bridgehead atoms. The Morgan fingerprint density at radius 1 is 1.07 bits per heavy atom. The zero-order chi connectivity index (χ0) is 19.2. The molecule has 0 aliphatic carbocycles. The van der Waals surface area contributed by atoms with Gasteiger partial charge in [0.15, 0.2) is 0 Å². The molecule has 1 N–H and O–H groups in total. The van der Waals surface area contributed by atoms with Crippen LogP contribution in [0.4, 0.5) is 0 Å². The van der Waals surface area contributed by atoms with Gasteiger partial charge >= 0.3 is 0 Å². The zero-order valence-electron chi connectivity index (χ0n) is 15.4. The second kappa shape index (κ2) is 8.73. The molecule has 1 aliphatic heterocycles. The van der Waals surface area contributed by atoms with Crippen molar-refractivity contribution < 1.29 is 9.53 Å². The lowest BCUT2D eigenvalue weighted by molar-refractivity contribution is 0.0332. The van der Waals surface area contributed by atoms with Crippen LogP contribution in [-0.2, 0) is 4.74 Å². The Morgan fingerprint density at radius 3 is 2.50 bits per heavy atom. The summed E-state index contributed by atoms with van der Waals surface area (Å²) in [7, 11) is 0. The molecule has 144 valence electrons. The van der Waals surface area contributed by atoms with Gasteiger partial charge in [-0.3, -0.25) is 9.69 Å². The fourth-order valence-corrected chi connectivity index (χ4v) is 3.25. The highest BCUT2D eigenvalue weighted by molar-refractivity contribution is 5.94. The lowest BCUT2D eigenvalue weighted by Gasteiger charge is -2.31. The second-order valence-electron chi connectivity index (χ2n) is 6.65. The van der Waals surface area contributed by atoms with E-state index in [0.717, 1.165) is 44.1 Å². The predicted octanol–water partition coefficient (Wildman–Crippen LogP) is 1.47. The van der Waals surface area contributed by atoms with Crippen molar-refractivity contribution >= 4 is 5.91 Å². The van der Waals surface area contributed by atoms with Crippen LogP contribution < -0.4 is 5.32 Å². The maximum atomic E-state index is 12.9. The highest BCUT2D eigenvalue weighted by atomic mass is 16.5. The molecule has 0 saturated carbocycles. The van der Waals surface area contributed by atoms with E-state index in [-0.39, 0.29) is 11.9 Å². The first kappa shape index (κ1) is 18.3. The van der Waals surface area contributed by atoms with Crippen LogP contribution >= 0.6 is 0 Å². The largest absolute Gasteiger partial charge is 0.379 e. The number of carbonyl (C=O) groups excluding carboxylic acids is 1. The average Bonchev–Trinajstić information content (AvgIpc) is 3.30. The molecule has 2 heterocycles.